The summed E-state index contributed by atoms with van der Waals surface area (Å²) in [6.45, 7) is 4.11. The number of hydrogen-bond acceptors (Lipinski definition) is 4. The first-order valence-corrected chi connectivity index (χ1v) is 6.95. The van der Waals surface area contributed by atoms with E-state index in [9.17, 15) is 4.39 Å². The highest BCUT2D eigenvalue weighted by Gasteiger charge is 2.15. The lowest BCUT2D eigenvalue weighted by Crippen LogP contribution is -2.16. The van der Waals surface area contributed by atoms with Gasteiger partial charge in [0.25, 0.3) is 0 Å². The van der Waals surface area contributed by atoms with Gasteiger partial charge >= 0.3 is 0 Å². The molecule has 0 aliphatic heterocycles. The van der Waals surface area contributed by atoms with Crippen LogP contribution in [0.1, 0.15) is 24.9 Å². The first-order valence-electron chi connectivity index (χ1n) is 6.08. The molecule has 19 heavy (non-hydrogen) atoms. The number of methoxy groups -OCH3 is 1. The molecule has 0 radical (unpaired) electrons. The molecular weight excluding hydrogens is 263 g/mol. The van der Waals surface area contributed by atoms with Crippen molar-refractivity contribution < 1.29 is 9.13 Å². The van der Waals surface area contributed by atoms with Crippen LogP contribution in [0.4, 0.5) is 4.39 Å². The summed E-state index contributed by atoms with van der Waals surface area (Å²) >= 11 is 1.51. The first kappa shape index (κ1) is 14.0. The van der Waals surface area contributed by atoms with Crippen LogP contribution >= 0.6 is 11.3 Å². The van der Waals surface area contributed by atoms with E-state index in [0.29, 0.717) is 5.92 Å². The fraction of sp³-hybridized carbons (Fsp3) is 0.357. The van der Waals surface area contributed by atoms with Gasteiger partial charge in [0.15, 0.2) is 11.6 Å². The van der Waals surface area contributed by atoms with E-state index in [0.717, 1.165) is 16.3 Å². The molecule has 0 fully saturated rings. The second kappa shape index (κ2) is 5.67. The molecule has 0 saturated carbocycles. The van der Waals surface area contributed by atoms with Crippen molar-refractivity contribution in [2.45, 2.75) is 19.9 Å². The normalized spacial score (nSPS) is 12.7. The first-order chi connectivity index (χ1) is 9.02. The Morgan fingerprint density at radius 1 is 1.37 bits per heavy atom. The second-order valence-electron chi connectivity index (χ2n) is 4.69. The molecule has 2 N–H and O–H groups in total. The molecule has 0 bridgehead atoms. The van der Waals surface area contributed by atoms with Crippen molar-refractivity contribution in [2.75, 3.05) is 7.11 Å². The second-order valence-corrected chi connectivity index (χ2v) is 5.58. The number of nitrogens with two attached hydrogens (primary N) is 1. The van der Waals surface area contributed by atoms with Crippen LogP contribution in [0.5, 0.6) is 5.75 Å². The van der Waals surface area contributed by atoms with Crippen LogP contribution in [-0.2, 0) is 0 Å². The van der Waals surface area contributed by atoms with Crippen LogP contribution in [0.2, 0.25) is 0 Å². The third-order valence-electron chi connectivity index (χ3n) is 2.97. The zero-order valence-electron chi connectivity index (χ0n) is 11.2. The summed E-state index contributed by atoms with van der Waals surface area (Å²) in [5.41, 5.74) is 7.54. The Balaban J connectivity index is 2.30. The number of thiazole rings is 1. The number of nitrogens with zero attached hydrogens (tertiary/aromatic N) is 1. The van der Waals surface area contributed by atoms with E-state index in [4.69, 9.17) is 10.5 Å². The zero-order chi connectivity index (χ0) is 14.0. The van der Waals surface area contributed by atoms with Crippen LogP contribution in [-0.4, -0.2) is 12.1 Å². The molecule has 2 rings (SSSR count). The molecule has 5 heteroatoms. The van der Waals surface area contributed by atoms with Crippen molar-refractivity contribution in [3.8, 4) is 17.0 Å². The molecule has 0 saturated heterocycles. The van der Waals surface area contributed by atoms with Gasteiger partial charge in [0.1, 0.15) is 5.01 Å². The van der Waals surface area contributed by atoms with Gasteiger partial charge in [-0.1, -0.05) is 13.8 Å². The summed E-state index contributed by atoms with van der Waals surface area (Å²) in [5.74, 6) is 0.174. The quantitative estimate of drug-likeness (QED) is 0.930. The predicted octanol–water partition coefficient (Wildman–Crippen LogP) is 3.61. The van der Waals surface area contributed by atoms with Crippen LogP contribution in [0, 0.1) is 11.7 Å². The van der Waals surface area contributed by atoms with Crippen molar-refractivity contribution in [1.82, 2.24) is 4.98 Å². The monoisotopic (exact) mass is 280 g/mol. The highest BCUT2D eigenvalue weighted by molar-refractivity contribution is 7.10. The lowest BCUT2D eigenvalue weighted by atomic mass is 10.1. The van der Waals surface area contributed by atoms with Crippen molar-refractivity contribution in [3.05, 3.63) is 34.4 Å². The molecular formula is C14H17FN2OS. The van der Waals surface area contributed by atoms with Gasteiger partial charge in [0, 0.05) is 10.9 Å². The minimum atomic E-state index is -0.386. The maximum Gasteiger partial charge on any atom is 0.165 e. The van der Waals surface area contributed by atoms with Crippen molar-refractivity contribution in [2.24, 2.45) is 11.7 Å². The zero-order valence-corrected chi connectivity index (χ0v) is 12.0. The number of rotatable bonds is 4. The molecule has 0 amide bonds. The molecule has 0 aliphatic carbocycles. The number of ether oxygens (including phenoxy) is 1. The Hall–Kier alpha value is -1.46. The number of halogens is 1. The number of hydrogen-bond donors (Lipinski definition) is 1. The minimum absolute atomic E-state index is 0.0816. The van der Waals surface area contributed by atoms with Crippen molar-refractivity contribution >= 4 is 11.3 Å². The van der Waals surface area contributed by atoms with Gasteiger partial charge in [-0.15, -0.1) is 11.3 Å². The largest absolute Gasteiger partial charge is 0.494 e. The summed E-state index contributed by atoms with van der Waals surface area (Å²) in [4.78, 5) is 4.48. The summed E-state index contributed by atoms with van der Waals surface area (Å²) in [6, 6.07) is 4.74. The van der Waals surface area contributed by atoms with Crippen LogP contribution in [0.3, 0.4) is 0 Å². The Morgan fingerprint density at radius 2 is 2.11 bits per heavy atom. The minimum Gasteiger partial charge on any atom is -0.494 e. The molecule has 1 heterocycles. The van der Waals surface area contributed by atoms with Gasteiger partial charge < -0.3 is 10.5 Å². The summed E-state index contributed by atoms with van der Waals surface area (Å²) in [7, 11) is 1.45. The van der Waals surface area contributed by atoms with Crippen LogP contribution in [0.15, 0.2) is 23.6 Å². The van der Waals surface area contributed by atoms with E-state index in [1.54, 1.807) is 12.1 Å². The molecule has 0 spiro atoms. The summed E-state index contributed by atoms with van der Waals surface area (Å²) < 4.78 is 18.6. The molecule has 1 aromatic carbocycles. The smallest absolute Gasteiger partial charge is 0.165 e. The SMILES string of the molecule is COc1ccc(-c2csc(C(N)C(C)C)n2)cc1F. The Bertz CT molecular complexity index is 568. The third kappa shape index (κ3) is 2.93. The van der Waals surface area contributed by atoms with Gasteiger partial charge in [-0.05, 0) is 24.1 Å². The van der Waals surface area contributed by atoms with E-state index in [1.165, 1.54) is 24.5 Å². The average molecular weight is 280 g/mol. The van der Waals surface area contributed by atoms with Gasteiger partial charge in [0.2, 0.25) is 0 Å². The Morgan fingerprint density at radius 3 is 2.68 bits per heavy atom. The van der Waals surface area contributed by atoms with Crippen LogP contribution < -0.4 is 10.5 Å². The van der Waals surface area contributed by atoms with E-state index < -0.39 is 0 Å². The number of aromatic nitrogens is 1. The lowest BCUT2D eigenvalue weighted by molar-refractivity contribution is 0.386. The summed E-state index contributed by atoms with van der Waals surface area (Å²) in [6.07, 6.45) is 0. The van der Waals surface area contributed by atoms with Gasteiger partial charge in [-0.3, -0.25) is 0 Å². The predicted molar refractivity (Wildman–Crippen MR) is 75.8 cm³/mol. The molecule has 3 nitrogen and oxygen atoms in total. The van der Waals surface area contributed by atoms with Gasteiger partial charge in [-0.25, -0.2) is 9.37 Å². The van der Waals surface area contributed by atoms with Gasteiger partial charge in [0.05, 0.1) is 18.8 Å². The highest BCUT2D eigenvalue weighted by Crippen LogP contribution is 2.29. The molecule has 2 aromatic rings. The molecule has 1 atom stereocenters. The van der Waals surface area contributed by atoms with Crippen molar-refractivity contribution in [3.63, 3.8) is 0 Å². The highest BCUT2D eigenvalue weighted by atomic mass is 32.1. The average Bonchev–Trinajstić information content (AvgIpc) is 2.87. The lowest BCUT2D eigenvalue weighted by Gasteiger charge is -2.11. The maximum atomic E-state index is 13.7. The van der Waals surface area contributed by atoms with Gasteiger partial charge in [-0.2, -0.15) is 0 Å². The van der Waals surface area contributed by atoms with E-state index in [-0.39, 0.29) is 17.6 Å². The fourth-order valence-corrected chi connectivity index (χ4v) is 2.69. The van der Waals surface area contributed by atoms with E-state index in [1.807, 2.05) is 5.38 Å². The fourth-order valence-electron chi connectivity index (χ4n) is 1.68. The maximum absolute atomic E-state index is 13.7. The Kier molecular flexibility index (Phi) is 4.17. The topological polar surface area (TPSA) is 48.1 Å². The van der Waals surface area contributed by atoms with E-state index >= 15 is 0 Å². The standard InChI is InChI=1S/C14H17FN2OS/c1-8(2)13(16)14-17-11(7-19-14)9-4-5-12(18-3)10(15)6-9/h4-8,13H,16H2,1-3H3. The molecule has 0 aliphatic rings. The van der Waals surface area contributed by atoms with E-state index in [2.05, 4.69) is 18.8 Å². The van der Waals surface area contributed by atoms with Crippen LogP contribution in [0.25, 0.3) is 11.3 Å². The number of benzene rings is 1. The third-order valence-corrected chi connectivity index (χ3v) is 3.92. The van der Waals surface area contributed by atoms with Crippen molar-refractivity contribution in [1.29, 1.82) is 0 Å². The molecule has 1 aromatic heterocycles. The molecule has 1 unspecified atom stereocenters. The molecule has 102 valence electrons. The summed E-state index contributed by atoms with van der Waals surface area (Å²) in [5, 5.41) is 2.78. The Labute approximate surface area is 116 Å².